The molecule has 1 atom stereocenters. The van der Waals surface area contributed by atoms with Gasteiger partial charge in [0.15, 0.2) is 0 Å². The highest BCUT2D eigenvalue weighted by Gasteiger charge is 2.27. The number of ether oxygens (including phenoxy) is 1. The second-order valence-electron chi connectivity index (χ2n) is 6.43. The van der Waals surface area contributed by atoms with Crippen LogP contribution in [0.25, 0.3) is 0 Å². The maximum Gasteiger partial charge on any atom is 0.475 e. The monoisotopic (exact) mass is 390 g/mol. The van der Waals surface area contributed by atoms with E-state index in [1.54, 1.807) is 6.92 Å². The SMILES string of the molecule is CCN(CC(=O)NC(Cc1ccc(C)cc1C)B(O)O)C(=O)/C=C/C(=O)OC. The summed E-state index contributed by atoms with van der Waals surface area (Å²) in [6, 6.07) is 5.77. The molecule has 0 saturated heterocycles. The number of carbonyl (C=O) groups is 3. The van der Waals surface area contributed by atoms with E-state index in [4.69, 9.17) is 0 Å². The molecule has 0 aliphatic rings. The van der Waals surface area contributed by atoms with Gasteiger partial charge in [0.2, 0.25) is 11.8 Å². The van der Waals surface area contributed by atoms with E-state index in [0.29, 0.717) is 0 Å². The van der Waals surface area contributed by atoms with Crippen LogP contribution in [0, 0.1) is 13.8 Å². The number of carbonyl (C=O) groups excluding carboxylic acids is 3. The van der Waals surface area contributed by atoms with E-state index < -0.39 is 30.8 Å². The molecule has 0 aliphatic carbocycles. The summed E-state index contributed by atoms with van der Waals surface area (Å²) in [5.41, 5.74) is 2.95. The summed E-state index contributed by atoms with van der Waals surface area (Å²) >= 11 is 0. The minimum absolute atomic E-state index is 0.234. The minimum atomic E-state index is -1.75. The third kappa shape index (κ3) is 7.54. The van der Waals surface area contributed by atoms with Crippen molar-refractivity contribution in [2.75, 3.05) is 20.2 Å². The molecule has 0 aromatic heterocycles. The minimum Gasteiger partial charge on any atom is -0.466 e. The molecule has 0 radical (unpaired) electrons. The van der Waals surface area contributed by atoms with Gasteiger partial charge < -0.3 is 25.0 Å². The van der Waals surface area contributed by atoms with Gasteiger partial charge in [0.25, 0.3) is 0 Å². The van der Waals surface area contributed by atoms with Crippen LogP contribution < -0.4 is 5.32 Å². The molecule has 152 valence electrons. The van der Waals surface area contributed by atoms with Gasteiger partial charge in [0.1, 0.15) is 0 Å². The van der Waals surface area contributed by atoms with Gasteiger partial charge in [-0.15, -0.1) is 0 Å². The second-order valence-corrected chi connectivity index (χ2v) is 6.43. The molecular formula is C19H27BN2O6. The fourth-order valence-corrected chi connectivity index (χ4v) is 2.63. The average Bonchev–Trinajstić information content (AvgIpc) is 2.64. The van der Waals surface area contributed by atoms with E-state index in [1.807, 2.05) is 32.0 Å². The summed E-state index contributed by atoms with van der Waals surface area (Å²) in [4.78, 5) is 36.7. The molecule has 0 bridgehead atoms. The second kappa shape index (κ2) is 11.3. The number of likely N-dealkylation sites (N-methyl/N-ethyl adjacent to an activating group) is 1. The third-order valence-corrected chi connectivity index (χ3v) is 4.24. The summed E-state index contributed by atoms with van der Waals surface area (Å²) in [7, 11) is -0.562. The Morgan fingerprint density at radius 3 is 2.46 bits per heavy atom. The zero-order valence-corrected chi connectivity index (χ0v) is 16.6. The van der Waals surface area contributed by atoms with Crippen LogP contribution in [0.2, 0.25) is 0 Å². The Bertz CT molecular complexity index is 735. The number of methoxy groups -OCH3 is 1. The zero-order valence-electron chi connectivity index (χ0n) is 16.6. The van der Waals surface area contributed by atoms with E-state index in [0.717, 1.165) is 28.8 Å². The first-order chi connectivity index (χ1) is 13.2. The Balaban J connectivity index is 2.76. The molecule has 0 saturated carbocycles. The summed E-state index contributed by atoms with van der Waals surface area (Å²) in [5, 5.41) is 21.8. The lowest BCUT2D eigenvalue weighted by Crippen LogP contribution is -2.51. The Hall–Kier alpha value is -2.65. The van der Waals surface area contributed by atoms with Crippen molar-refractivity contribution in [3.05, 3.63) is 47.0 Å². The van der Waals surface area contributed by atoms with E-state index >= 15 is 0 Å². The smallest absolute Gasteiger partial charge is 0.466 e. The topological polar surface area (TPSA) is 116 Å². The number of hydrogen-bond donors (Lipinski definition) is 3. The van der Waals surface area contributed by atoms with Crippen molar-refractivity contribution < 1.29 is 29.2 Å². The maximum absolute atomic E-state index is 12.3. The van der Waals surface area contributed by atoms with Crippen molar-refractivity contribution in [3.63, 3.8) is 0 Å². The van der Waals surface area contributed by atoms with E-state index in [9.17, 15) is 24.4 Å². The van der Waals surface area contributed by atoms with E-state index in [-0.39, 0.29) is 19.5 Å². The lowest BCUT2D eigenvalue weighted by molar-refractivity contribution is -0.135. The standard InChI is InChI=1S/C19H27BN2O6/c1-5-22(18(24)8-9-19(25)28-4)12-17(23)21-16(20(26)27)11-15-7-6-13(2)10-14(15)3/h6-10,16,26-27H,5,11-12H2,1-4H3,(H,21,23)/b9-8+. The van der Waals surface area contributed by atoms with Gasteiger partial charge in [0.05, 0.1) is 19.6 Å². The highest BCUT2D eigenvalue weighted by Crippen LogP contribution is 2.13. The van der Waals surface area contributed by atoms with Gasteiger partial charge in [-0.3, -0.25) is 9.59 Å². The highest BCUT2D eigenvalue weighted by atomic mass is 16.5. The molecule has 2 amide bonds. The highest BCUT2D eigenvalue weighted by molar-refractivity contribution is 6.43. The molecular weight excluding hydrogens is 363 g/mol. The number of aryl methyl sites for hydroxylation is 2. The van der Waals surface area contributed by atoms with Gasteiger partial charge >= 0.3 is 13.1 Å². The molecule has 9 heteroatoms. The molecule has 1 aromatic carbocycles. The number of esters is 1. The quantitative estimate of drug-likeness (QED) is 0.309. The van der Waals surface area contributed by atoms with Gasteiger partial charge in [0, 0.05) is 18.7 Å². The number of amides is 2. The molecule has 28 heavy (non-hydrogen) atoms. The van der Waals surface area contributed by atoms with Gasteiger partial charge in [-0.25, -0.2) is 4.79 Å². The normalized spacial score (nSPS) is 11.8. The lowest BCUT2D eigenvalue weighted by Gasteiger charge is -2.23. The molecule has 1 unspecified atom stereocenters. The predicted molar refractivity (Wildman–Crippen MR) is 105 cm³/mol. The van der Waals surface area contributed by atoms with Crippen LogP contribution in [-0.4, -0.2) is 66.0 Å². The molecule has 0 heterocycles. The summed E-state index contributed by atoms with van der Waals surface area (Å²) in [6.07, 6.45) is 2.23. The van der Waals surface area contributed by atoms with Crippen molar-refractivity contribution in [2.24, 2.45) is 0 Å². The first kappa shape index (κ1) is 23.4. The fourth-order valence-electron chi connectivity index (χ4n) is 2.63. The van der Waals surface area contributed by atoms with Crippen LogP contribution in [0.4, 0.5) is 0 Å². The lowest BCUT2D eigenvalue weighted by atomic mass is 9.75. The first-order valence-corrected chi connectivity index (χ1v) is 8.94. The molecule has 1 rings (SSSR count). The van der Waals surface area contributed by atoms with Crippen LogP contribution in [0.5, 0.6) is 0 Å². The Morgan fingerprint density at radius 1 is 1.25 bits per heavy atom. The van der Waals surface area contributed by atoms with Gasteiger partial charge in [-0.2, -0.15) is 0 Å². The van der Waals surface area contributed by atoms with Gasteiger partial charge in [-0.05, 0) is 38.3 Å². The van der Waals surface area contributed by atoms with E-state index in [1.165, 1.54) is 12.0 Å². The molecule has 1 aromatic rings. The van der Waals surface area contributed by atoms with Crippen molar-refractivity contribution in [2.45, 2.75) is 33.1 Å². The summed E-state index contributed by atoms with van der Waals surface area (Å²) < 4.78 is 4.42. The van der Waals surface area contributed by atoms with Crippen LogP contribution in [0.3, 0.4) is 0 Å². The van der Waals surface area contributed by atoms with Crippen molar-refractivity contribution >= 4 is 24.9 Å². The van der Waals surface area contributed by atoms with E-state index in [2.05, 4.69) is 10.1 Å². The predicted octanol–water partition coefficient (Wildman–Crippen LogP) is -0.0796. The first-order valence-electron chi connectivity index (χ1n) is 8.94. The largest absolute Gasteiger partial charge is 0.475 e. The summed E-state index contributed by atoms with van der Waals surface area (Å²) in [5.74, 6) is -2.66. The summed E-state index contributed by atoms with van der Waals surface area (Å²) in [6.45, 7) is 5.52. The van der Waals surface area contributed by atoms with Gasteiger partial charge in [-0.1, -0.05) is 23.8 Å². The number of hydrogen-bond acceptors (Lipinski definition) is 6. The van der Waals surface area contributed by atoms with Crippen molar-refractivity contribution in [1.29, 1.82) is 0 Å². The molecule has 3 N–H and O–H groups in total. The Kier molecular flexibility index (Phi) is 9.40. The maximum atomic E-state index is 12.3. The van der Waals surface area contributed by atoms with Crippen LogP contribution in [-0.2, 0) is 25.5 Å². The van der Waals surface area contributed by atoms with Crippen LogP contribution in [0.1, 0.15) is 23.6 Å². The van der Waals surface area contributed by atoms with Crippen molar-refractivity contribution in [1.82, 2.24) is 10.2 Å². The number of nitrogens with zero attached hydrogens (tertiary/aromatic N) is 1. The Morgan fingerprint density at radius 2 is 1.93 bits per heavy atom. The zero-order chi connectivity index (χ0) is 21.3. The molecule has 0 aliphatic heterocycles. The number of nitrogens with one attached hydrogen (secondary N) is 1. The molecule has 0 spiro atoms. The fraction of sp³-hybridized carbons (Fsp3) is 0.421. The van der Waals surface area contributed by atoms with Crippen LogP contribution >= 0.6 is 0 Å². The number of benzene rings is 1. The van der Waals surface area contributed by atoms with Crippen molar-refractivity contribution in [3.8, 4) is 0 Å². The third-order valence-electron chi connectivity index (χ3n) is 4.24. The van der Waals surface area contributed by atoms with Crippen LogP contribution in [0.15, 0.2) is 30.4 Å². The molecule has 8 nitrogen and oxygen atoms in total. The molecule has 0 fully saturated rings. The average molecular weight is 390 g/mol. The Labute approximate surface area is 165 Å². The number of rotatable bonds is 9.